The first-order valence-electron chi connectivity index (χ1n) is 17.5. The van der Waals surface area contributed by atoms with Crippen molar-refractivity contribution in [1.82, 2.24) is 30.8 Å². The smallest absolute Gasteiger partial charge is 0.236 e. The molecule has 1 aliphatic carbocycles. The summed E-state index contributed by atoms with van der Waals surface area (Å²) in [6, 6.07) is 18.1. The van der Waals surface area contributed by atoms with E-state index in [1.807, 2.05) is 42.5 Å². The zero-order chi connectivity index (χ0) is 36.4. The Balaban J connectivity index is 1.07. The number of nitrogens with zero attached hydrogens (tertiary/aromatic N) is 3. The molecule has 2 aliphatic heterocycles. The van der Waals surface area contributed by atoms with Gasteiger partial charge in [0.25, 0.3) is 0 Å². The molecule has 2 amide bonds. The Bertz CT molecular complexity index is 1990. The maximum atomic E-state index is 11.9. The zero-order valence-corrected chi connectivity index (χ0v) is 30.9. The average Bonchev–Trinajstić information content (AvgIpc) is 3.75. The van der Waals surface area contributed by atoms with Gasteiger partial charge in [0.1, 0.15) is 11.1 Å². The van der Waals surface area contributed by atoms with Crippen molar-refractivity contribution in [3.63, 3.8) is 0 Å². The van der Waals surface area contributed by atoms with E-state index in [0.29, 0.717) is 72.5 Å². The predicted octanol–water partition coefficient (Wildman–Crippen LogP) is 5.75. The number of methoxy groups -OCH3 is 2. The third-order valence-electron chi connectivity index (χ3n) is 10.1. The number of fused-ring (bicyclic) bond motifs is 1. The van der Waals surface area contributed by atoms with Crippen LogP contribution in [0.4, 0.5) is 0 Å². The first-order valence-corrected chi connectivity index (χ1v) is 18.3. The predicted molar refractivity (Wildman–Crippen MR) is 200 cm³/mol. The van der Waals surface area contributed by atoms with Crippen LogP contribution in [0, 0.1) is 5.92 Å². The quantitative estimate of drug-likeness (QED) is 0.157. The molecule has 7 rings (SSSR count). The van der Waals surface area contributed by atoms with Crippen LogP contribution in [0.2, 0.25) is 10.0 Å². The molecule has 0 bridgehead atoms. The molecule has 2 atom stereocenters. The molecule has 2 aromatic carbocycles. The van der Waals surface area contributed by atoms with Crippen molar-refractivity contribution in [3.8, 4) is 40.0 Å². The number of ether oxygens (including phenoxy) is 3. The van der Waals surface area contributed by atoms with Gasteiger partial charge in [0.15, 0.2) is 0 Å². The number of pyridine rings is 2. The first kappa shape index (κ1) is 36.0. The lowest BCUT2D eigenvalue weighted by Crippen LogP contribution is -2.52. The van der Waals surface area contributed by atoms with Crippen molar-refractivity contribution >= 4 is 35.0 Å². The standard InChI is InChI=1S/C39H42Cl2N6O5/c1-42-36(49)24-20-47(21-24)19-23-16-31(40)39(46-38(23)51-3)52-33-14-12-27-26(6-4-7-28(27)33)29-8-5-9-30(35(29)41)32-13-10-22(37(45-32)50-2)17-43-18-25-11-15-34(48)44-25/h4-10,13,16,24-25,33,43H,11-12,14-15,17-21H2,1-3H3,(H,42,49)(H,44,48)/t25-,33-/m0/s1. The SMILES string of the molecule is CNC(=O)C1CN(Cc2cc(Cl)c(O[C@H]3CCc4c(-c5cccc(-c6ccc(CNC[C@@H]7CCC(=O)N7)c(OC)n6)c5Cl)cccc43)nc2OC)C1. The zero-order valence-electron chi connectivity index (χ0n) is 29.4. The van der Waals surface area contributed by atoms with Gasteiger partial charge in [-0.2, -0.15) is 4.98 Å². The highest BCUT2D eigenvalue weighted by atomic mass is 35.5. The maximum Gasteiger partial charge on any atom is 0.236 e. The van der Waals surface area contributed by atoms with E-state index in [4.69, 9.17) is 42.4 Å². The summed E-state index contributed by atoms with van der Waals surface area (Å²) in [5, 5.41) is 10.1. The summed E-state index contributed by atoms with van der Waals surface area (Å²) in [5.41, 5.74) is 7.46. The number of halogens is 2. The molecule has 4 heterocycles. The van der Waals surface area contributed by atoms with E-state index < -0.39 is 0 Å². The van der Waals surface area contributed by atoms with Crippen LogP contribution in [0.1, 0.15) is 47.6 Å². The van der Waals surface area contributed by atoms with Crippen molar-refractivity contribution < 1.29 is 23.8 Å². The molecule has 2 fully saturated rings. The van der Waals surface area contributed by atoms with Gasteiger partial charge in [-0.3, -0.25) is 14.5 Å². The summed E-state index contributed by atoms with van der Waals surface area (Å²) >= 11 is 13.9. The monoisotopic (exact) mass is 744 g/mol. The van der Waals surface area contributed by atoms with E-state index in [0.717, 1.165) is 52.6 Å². The Labute approximate surface area is 313 Å². The minimum absolute atomic E-state index is 0.00807. The van der Waals surface area contributed by atoms with E-state index in [1.165, 1.54) is 5.56 Å². The Kier molecular flexibility index (Phi) is 10.8. The highest BCUT2D eigenvalue weighted by Gasteiger charge is 2.33. The Morgan fingerprint density at radius 3 is 2.42 bits per heavy atom. The van der Waals surface area contributed by atoms with Crippen LogP contribution in [0.25, 0.3) is 22.4 Å². The lowest BCUT2D eigenvalue weighted by molar-refractivity contribution is -0.130. The van der Waals surface area contributed by atoms with Gasteiger partial charge in [-0.05, 0) is 48.1 Å². The number of amides is 2. The fourth-order valence-electron chi connectivity index (χ4n) is 7.38. The lowest BCUT2D eigenvalue weighted by Gasteiger charge is -2.38. The van der Waals surface area contributed by atoms with E-state index in [9.17, 15) is 9.59 Å². The molecule has 0 unspecified atom stereocenters. The third kappa shape index (κ3) is 7.41. The summed E-state index contributed by atoms with van der Waals surface area (Å²) in [6.45, 7) is 3.17. The number of nitrogens with one attached hydrogen (secondary N) is 3. The number of rotatable bonds is 13. The van der Waals surface area contributed by atoms with Crippen LogP contribution in [-0.2, 0) is 29.1 Å². The molecule has 13 heteroatoms. The van der Waals surface area contributed by atoms with Crippen molar-refractivity contribution in [3.05, 3.63) is 86.9 Å². The second kappa shape index (κ2) is 15.7. The van der Waals surface area contributed by atoms with Crippen molar-refractivity contribution in [2.75, 3.05) is 40.9 Å². The second-order valence-electron chi connectivity index (χ2n) is 13.4. The van der Waals surface area contributed by atoms with Crippen molar-refractivity contribution in [1.29, 1.82) is 0 Å². The van der Waals surface area contributed by atoms with Crippen LogP contribution in [0.5, 0.6) is 17.6 Å². The minimum atomic E-state index is -0.252. The molecule has 0 radical (unpaired) electrons. The van der Waals surface area contributed by atoms with E-state index >= 15 is 0 Å². The van der Waals surface area contributed by atoms with Crippen LogP contribution in [0.15, 0.2) is 54.6 Å². The third-order valence-corrected chi connectivity index (χ3v) is 10.8. The van der Waals surface area contributed by atoms with Gasteiger partial charge in [0.2, 0.25) is 29.5 Å². The summed E-state index contributed by atoms with van der Waals surface area (Å²) in [5.74, 6) is 1.44. The number of carbonyl (C=O) groups is 2. The molecule has 52 heavy (non-hydrogen) atoms. The summed E-state index contributed by atoms with van der Waals surface area (Å²) in [6.07, 6.45) is 2.71. The van der Waals surface area contributed by atoms with Gasteiger partial charge in [0, 0.05) is 74.5 Å². The van der Waals surface area contributed by atoms with Gasteiger partial charge in [-0.1, -0.05) is 65.7 Å². The van der Waals surface area contributed by atoms with E-state index in [2.05, 4.69) is 38.0 Å². The van der Waals surface area contributed by atoms with Gasteiger partial charge in [-0.25, -0.2) is 4.98 Å². The highest BCUT2D eigenvalue weighted by molar-refractivity contribution is 6.36. The Morgan fingerprint density at radius 2 is 1.67 bits per heavy atom. The number of likely N-dealkylation sites (tertiary alicyclic amines) is 1. The number of benzene rings is 2. The summed E-state index contributed by atoms with van der Waals surface area (Å²) in [7, 11) is 4.85. The first-order chi connectivity index (χ1) is 25.3. The summed E-state index contributed by atoms with van der Waals surface area (Å²) in [4.78, 5) is 35.1. The van der Waals surface area contributed by atoms with Gasteiger partial charge in [-0.15, -0.1) is 0 Å². The molecule has 0 spiro atoms. The van der Waals surface area contributed by atoms with Crippen molar-refractivity contribution in [2.24, 2.45) is 5.92 Å². The molecule has 272 valence electrons. The lowest BCUT2D eigenvalue weighted by atomic mass is 9.94. The summed E-state index contributed by atoms with van der Waals surface area (Å²) < 4.78 is 17.8. The fourth-order valence-corrected chi connectivity index (χ4v) is 7.93. The van der Waals surface area contributed by atoms with Crippen LogP contribution < -0.4 is 30.2 Å². The topological polar surface area (TPSA) is 127 Å². The molecule has 4 aromatic rings. The van der Waals surface area contributed by atoms with Gasteiger partial charge < -0.3 is 30.2 Å². The molecular formula is C39H42Cl2N6O5. The van der Waals surface area contributed by atoms with E-state index in [1.54, 1.807) is 21.3 Å². The normalized spacial score (nSPS) is 18.4. The number of hydrogen-bond acceptors (Lipinski definition) is 9. The largest absolute Gasteiger partial charge is 0.481 e. The number of carbonyl (C=O) groups excluding carboxylic acids is 2. The molecule has 11 nitrogen and oxygen atoms in total. The van der Waals surface area contributed by atoms with Crippen LogP contribution in [0.3, 0.4) is 0 Å². The van der Waals surface area contributed by atoms with E-state index in [-0.39, 0.29) is 29.9 Å². The Hall–Kier alpha value is -4.42. The van der Waals surface area contributed by atoms with Crippen LogP contribution in [-0.4, -0.2) is 73.6 Å². The minimum Gasteiger partial charge on any atom is -0.481 e. The van der Waals surface area contributed by atoms with Crippen LogP contribution >= 0.6 is 23.2 Å². The molecule has 2 aromatic heterocycles. The maximum absolute atomic E-state index is 11.9. The van der Waals surface area contributed by atoms with Gasteiger partial charge in [0.05, 0.1) is 30.9 Å². The number of aromatic nitrogens is 2. The molecule has 2 saturated heterocycles. The second-order valence-corrected chi connectivity index (χ2v) is 14.2. The number of hydrogen-bond donors (Lipinski definition) is 3. The van der Waals surface area contributed by atoms with Crippen molar-refractivity contribution in [2.45, 2.75) is 50.9 Å². The molecule has 3 aliphatic rings. The highest BCUT2D eigenvalue weighted by Crippen LogP contribution is 2.45. The molecule has 3 N–H and O–H groups in total. The molecule has 0 saturated carbocycles. The van der Waals surface area contributed by atoms with Gasteiger partial charge >= 0.3 is 0 Å². The Morgan fingerprint density at radius 1 is 0.923 bits per heavy atom. The molecular weight excluding hydrogens is 703 g/mol. The average molecular weight is 746 g/mol. The fraction of sp³-hybridized carbons (Fsp3) is 0.385.